The maximum Gasteiger partial charge on any atom is 0.573 e. The highest BCUT2D eigenvalue weighted by molar-refractivity contribution is 5.83. The zero-order valence-electron chi connectivity index (χ0n) is 36.5. The lowest BCUT2D eigenvalue weighted by Crippen LogP contribution is -2.56. The van der Waals surface area contributed by atoms with E-state index in [2.05, 4.69) is 14.7 Å². The van der Waals surface area contributed by atoms with Gasteiger partial charge in [0.1, 0.15) is 29.3 Å². The van der Waals surface area contributed by atoms with Crippen LogP contribution in [0.3, 0.4) is 0 Å². The highest BCUT2D eigenvalue weighted by Crippen LogP contribution is 2.29. The van der Waals surface area contributed by atoms with Crippen molar-refractivity contribution in [2.24, 2.45) is 0 Å². The number of hydrogen-bond acceptors (Lipinski definition) is 12. The molecule has 67 heavy (non-hydrogen) atoms. The van der Waals surface area contributed by atoms with Crippen molar-refractivity contribution in [2.75, 3.05) is 19.7 Å². The number of aliphatic carboxylic acids is 2. The minimum absolute atomic E-state index is 0.00538. The number of esters is 1. The molecule has 21 heteroatoms. The number of likely N-dealkylation sites (tertiary alicyclic amines) is 1. The normalized spacial score (nSPS) is 14.4. The van der Waals surface area contributed by atoms with Gasteiger partial charge in [0.15, 0.2) is 23.8 Å². The standard InChI is InChI=1S/C42H42F5N5O5.C4H6O6/c1-4-56-40(55)41(2,3)50-23-20-31(21-24-50)51(25-27-10-12-28(13-11-27)29-14-17-32(18-15-29)57-42(45,46)47)36(53)26-52-35(19-16-30-7-5-9-34(43)37(30)44)49-39(54)33-8-6-22-48-38(33)52;5-1(3(7)8)2(6)4(9)10/h5-15,17-18,22,31H,4,16,19-21,23-26H2,1-3H3;1-2,5-6H,(H,7,8)(H,9,10). The van der Waals surface area contributed by atoms with Crippen molar-refractivity contribution < 1.29 is 71.0 Å². The number of amides is 1. The molecule has 2 atom stereocenters. The molecule has 1 aliphatic heterocycles. The van der Waals surface area contributed by atoms with Crippen LogP contribution >= 0.6 is 0 Å². The predicted octanol–water partition coefficient (Wildman–Crippen LogP) is 5.13. The van der Waals surface area contributed by atoms with Crippen LogP contribution in [0.1, 0.15) is 50.6 Å². The quantitative estimate of drug-likeness (QED) is 0.0744. The van der Waals surface area contributed by atoms with E-state index in [0.29, 0.717) is 31.5 Å². The van der Waals surface area contributed by atoms with E-state index in [0.717, 1.165) is 17.2 Å². The average molecular weight is 942 g/mol. The molecule has 358 valence electrons. The number of alkyl halides is 3. The van der Waals surface area contributed by atoms with E-state index in [1.54, 1.807) is 28.5 Å². The number of piperidine rings is 1. The number of carboxylic acid groups (broad SMARTS) is 2. The van der Waals surface area contributed by atoms with Crippen LogP contribution < -0.4 is 10.3 Å². The number of aryl methyl sites for hydroxylation is 2. The summed E-state index contributed by atoms with van der Waals surface area (Å²) in [5, 5.41) is 32.7. The van der Waals surface area contributed by atoms with Crippen LogP contribution in [0.25, 0.3) is 22.2 Å². The summed E-state index contributed by atoms with van der Waals surface area (Å²) < 4.78 is 77.6. The first-order valence-corrected chi connectivity index (χ1v) is 20.9. The van der Waals surface area contributed by atoms with Crippen LogP contribution in [0.2, 0.25) is 0 Å². The molecule has 1 amide bonds. The molecule has 0 aliphatic carbocycles. The Kier molecular flexibility index (Phi) is 16.9. The van der Waals surface area contributed by atoms with E-state index in [4.69, 9.17) is 25.2 Å². The summed E-state index contributed by atoms with van der Waals surface area (Å²) in [4.78, 5) is 72.6. The van der Waals surface area contributed by atoms with E-state index in [1.807, 2.05) is 43.0 Å². The number of carbonyl (C=O) groups excluding carboxylic acids is 2. The minimum atomic E-state index is -4.80. The first-order valence-electron chi connectivity index (χ1n) is 20.9. The number of ether oxygens (including phenoxy) is 2. The van der Waals surface area contributed by atoms with Crippen molar-refractivity contribution in [3.8, 4) is 16.9 Å². The molecule has 2 aromatic heterocycles. The number of hydrogen-bond donors (Lipinski definition) is 4. The number of fused-ring (bicyclic) bond motifs is 1. The van der Waals surface area contributed by atoms with Crippen LogP contribution in [0.15, 0.2) is 89.9 Å². The molecular weight excluding hydrogens is 894 g/mol. The average Bonchev–Trinajstić information content (AvgIpc) is 3.29. The smallest absolute Gasteiger partial charge is 0.479 e. The van der Waals surface area contributed by atoms with Gasteiger partial charge < -0.3 is 39.4 Å². The van der Waals surface area contributed by atoms with Gasteiger partial charge in [0.2, 0.25) is 5.91 Å². The van der Waals surface area contributed by atoms with Crippen molar-refractivity contribution in [1.29, 1.82) is 0 Å². The molecule has 16 nitrogen and oxygen atoms in total. The van der Waals surface area contributed by atoms with Crippen molar-refractivity contribution in [3.05, 3.63) is 124 Å². The molecule has 0 spiro atoms. The maximum absolute atomic E-state index is 14.6. The van der Waals surface area contributed by atoms with Crippen molar-refractivity contribution in [3.63, 3.8) is 0 Å². The monoisotopic (exact) mass is 941 g/mol. The molecule has 0 saturated carbocycles. The first kappa shape index (κ1) is 51.1. The van der Waals surface area contributed by atoms with Crippen molar-refractivity contribution in [1.82, 2.24) is 24.3 Å². The maximum atomic E-state index is 14.6. The molecule has 1 fully saturated rings. The fourth-order valence-corrected chi connectivity index (χ4v) is 7.42. The number of aliphatic hydroxyl groups is 2. The molecule has 1 saturated heterocycles. The van der Waals surface area contributed by atoms with Crippen molar-refractivity contribution in [2.45, 2.75) is 89.7 Å². The number of pyridine rings is 1. The van der Waals surface area contributed by atoms with Gasteiger partial charge in [-0.15, -0.1) is 13.2 Å². The second-order valence-corrected chi connectivity index (χ2v) is 15.9. The molecular formula is C46H48F5N5O11. The van der Waals surface area contributed by atoms with E-state index in [-0.39, 0.29) is 78.6 Å². The molecule has 1 aliphatic rings. The Morgan fingerprint density at radius 1 is 0.851 bits per heavy atom. The zero-order valence-corrected chi connectivity index (χ0v) is 36.5. The van der Waals surface area contributed by atoms with E-state index in [9.17, 15) is 45.9 Å². The number of aromatic nitrogens is 3. The highest BCUT2D eigenvalue weighted by atomic mass is 19.4. The summed E-state index contributed by atoms with van der Waals surface area (Å²) in [6.07, 6.45) is -6.75. The van der Waals surface area contributed by atoms with Crippen molar-refractivity contribution >= 4 is 34.8 Å². The predicted molar refractivity (Wildman–Crippen MR) is 229 cm³/mol. The molecule has 0 radical (unpaired) electrons. The van der Waals surface area contributed by atoms with Crippen LogP contribution in [0.5, 0.6) is 5.75 Å². The summed E-state index contributed by atoms with van der Waals surface area (Å²) in [6, 6.07) is 19.6. The lowest BCUT2D eigenvalue weighted by atomic mass is 9.95. The topological polar surface area (TPSA) is 222 Å². The molecule has 6 rings (SSSR count). The highest BCUT2D eigenvalue weighted by Gasteiger charge is 2.40. The van der Waals surface area contributed by atoms with Crippen LogP contribution in [-0.4, -0.2) is 118 Å². The number of halogens is 5. The lowest BCUT2D eigenvalue weighted by molar-refractivity contribution is -0.274. The Bertz CT molecular complexity index is 2580. The van der Waals surface area contributed by atoms with Crippen LogP contribution in [-0.2, 0) is 49.8 Å². The number of nitrogens with zero attached hydrogens (tertiary/aromatic N) is 5. The van der Waals surface area contributed by atoms with Gasteiger partial charge in [-0.3, -0.25) is 19.3 Å². The molecule has 4 N–H and O–H groups in total. The largest absolute Gasteiger partial charge is 0.573 e. The molecule has 0 bridgehead atoms. The Morgan fingerprint density at radius 3 is 2.01 bits per heavy atom. The Labute approximate surface area is 379 Å². The third-order valence-corrected chi connectivity index (χ3v) is 11.1. The van der Waals surface area contributed by atoms with E-state index in [1.165, 1.54) is 42.6 Å². The fraction of sp³-hybridized carbons (Fsp3) is 0.370. The first-order chi connectivity index (χ1) is 31.6. The third-order valence-electron chi connectivity index (χ3n) is 11.1. The number of carboxylic acids is 2. The zero-order chi connectivity index (χ0) is 49.2. The van der Waals surface area contributed by atoms with Gasteiger partial charge in [-0.05, 0) is 92.6 Å². The van der Waals surface area contributed by atoms with Crippen LogP contribution in [0.4, 0.5) is 22.0 Å². The third kappa shape index (κ3) is 13.2. The minimum Gasteiger partial charge on any atom is -0.479 e. The van der Waals surface area contributed by atoms with E-state index >= 15 is 0 Å². The second-order valence-electron chi connectivity index (χ2n) is 15.9. The number of rotatable bonds is 16. The lowest BCUT2D eigenvalue weighted by Gasteiger charge is -2.44. The van der Waals surface area contributed by atoms with Crippen LogP contribution in [0, 0.1) is 11.6 Å². The molecule has 3 heterocycles. The fourth-order valence-electron chi connectivity index (χ4n) is 7.42. The summed E-state index contributed by atoms with van der Waals surface area (Å²) in [6.45, 7) is 6.55. The number of aliphatic hydroxyl groups excluding tert-OH is 2. The Hall–Kier alpha value is -6.84. The Morgan fingerprint density at radius 2 is 1.45 bits per heavy atom. The van der Waals surface area contributed by atoms with Gasteiger partial charge in [0.25, 0.3) is 5.56 Å². The SMILES string of the molecule is CCOC(=O)C(C)(C)N1CCC(N(Cc2ccc(-c3ccc(OC(F)(F)F)cc3)cc2)C(=O)Cn2c(CCc3cccc(F)c3F)nc(=O)c3cccnc32)CC1.O=C(O)C(O)C(O)C(=O)O. The van der Waals surface area contributed by atoms with E-state index < -0.39 is 53.2 Å². The van der Waals surface area contributed by atoms with Gasteiger partial charge in [0, 0.05) is 38.3 Å². The summed E-state index contributed by atoms with van der Waals surface area (Å²) in [5.41, 5.74) is 1.05. The van der Waals surface area contributed by atoms with Gasteiger partial charge in [-0.2, -0.15) is 4.98 Å². The summed E-state index contributed by atoms with van der Waals surface area (Å²) in [7, 11) is 0. The summed E-state index contributed by atoms with van der Waals surface area (Å²) in [5.74, 6) is -6.33. The van der Waals surface area contributed by atoms with Gasteiger partial charge in [0.05, 0.1) is 12.0 Å². The molecule has 3 aromatic carbocycles. The molecule has 5 aromatic rings. The van der Waals surface area contributed by atoms with Gasteiger partial charge in [-0.1, -0.05) is 48.5 Å². The number of benzene rings is 3. The second kappa shape index (κ2) is 22.1. The van der Waals surface area contributed by atoms with Gasteiger partial charge in [-0.25, -0.2) is 23.4 Å². The number of carbonyl (C=O) groups is 4. The Balaban J connectivity index is 0.000000752. The van der Waals surface area contributed by atoms with Gasteiger partial charge >= 0.3 is 24.3 Å². The molecule has 2 unspecified atom stereocenters. The summed E-state index contributed by atoms with van der Waals surface area (Å²) >= 11 is 0.